The molecular formula is C46H59BN2. The van der Waals surface area contributed by atoms with E-state index in [4.69, 9.17) is 0 Å². The van der Waals surface area contributed by atoms with Crippen LogP contribution >= 0.6 is 0 Å². The van der Waals surface area contributed by atoms with Gasteiger partial charge in [-0.25, -0.2) is 0 Å². The molecule has 3 aromatic rings. The standard InChI is InChI=1S/C46H59BN2/c1-41(2,3)30-22-32-39-34(24-30)47-35-25-31(42(4,5)6)23-33-40(35)49(46(10)27-29-17-12-11-16-28(29)26-44(33,46)8)37-19-15-18-36(38(37)47)48(39)45(9)21-14-13-20-43(32,45)7/h15,18-19,22-25,28-29H,11-14,16-17,20-21,26-27H2,1-10H3. The van der Waals surface area contributed by atoms with Crippen LogP contribution in [0.15, 0.2) is 42.5 Å². The van der Waals surface area contributed by atoms with Gasteiger partial charge < -0.3 is 9.80 Å². The first kappa shape index (κ1) is 31.1. The number of anilines is 4. The topological polar surface area (TPSA) is 6.48 Å². The van der Waals surface area contributed by atoms with E-state index in [-0.39, 0.29) is 39.5 Å². The third-order valence-corrected chi connectivity index (χ3v) is 16.5. The van der Waals surface area contributed by atoms with Gasteiger partial charge in [0.15, 0.2) is 0 Å². The second-order valence-electron chi connectivity index (χ2n) is 20.9. The minimum atomic E-state index is 0.0617. The second-order valence-corrected chi connectivity index (χ2v) is 20.9. The quantitative estimate of drug-likeness (QED) is 0.224. The van der Waals surface area contributed by atoms with Gasteiger partial charge in [0.25, 0.3) is 6.71 Å². The summed E-state index contributed by atoms with van der Waals surface area (Å²) in [6.07, 6.45) is 13.5. The average Bonchev–Trinajstić information content (AvgIpc) is 3.38. The summed E-state index contributed by atoms with van der Waals surface area (Å²) in [5, 5.41) is 0. The largest absolute Gasteiger partial charge is 0.335 e. The molecule has 3 aliphatic carbocycles. The molecule has 0 N–H and O–H groups in total. The van der Waals surface area contributed by atoms with Crippen molar-refractivity contribution in [1.29, 1.82) is 0 Å². The minimum absolute atomic E-state index is 0.0617. The van der Waals surface area contributed by atoms with E-state index in [1.54, 1.807) is 38.9 Å². The number of hydrogen-bond donors (Lipinski definition) is 0. The van der Waals surface area contributed by atoms with E-state index >= 15 is 0 Å². The maximum atomic E-state index is 2.97. The van der Waals surface area contributed by atoms with Crippen LogP contribution in [0, 0.1) is 11.8 Å². The normalized spacial score (nSPS) is 34.9. The van der Waals surface area contributed by atoms with E-state index in [0.29, 0.717) is 0 Å². The van der Waals surface area contributed by atoms with Crippen molar-refractivity contribution in [2.24, 2.45) is 11.8 Å². The number of nitrogens with zero attached hydrogens (tertiary/aromatic N) is 2. The molecular weight excluding hydrogens is 591 g/mol. The lowest BCUT2D eigenvalue weighted by Crippen LogP contribution is -2.67. The number of hydrogen-bond acceptors (Lipinski definition) is 2. The molecule has 6 unspecified atom stereocenters. The van der Waals surface area contributed by atoms with Crippen LogP contribution in [0.25, 0.3) is 0 Å². The van der Waals surface area contributed by atoms with Crippen molar-refractivity contribution < 1.29 is 0 Å². The maximum Gasteiger partial charge on any atom is 0.252 e. The Bertz CT molecular complexity index is 1960. The molecule has 4 aliphatic heterocycles. The van der Waals surface area contributed by atoms with Gasteiger partial charge in [0.2, 0.25) is 0 Å². The summed E-state index contributed by atoms with van der Waals surface area (Å²) in [6.45, 7) is 25.6. The second kappa shape index (κ2) is 9.21. The summed E-state index contributed by atoms with van der Waals surface area (Å²) in [4.78, 5) is 5.90. The van der Waals surface area contributed by atoms with E-state index < -0.39 is 0 Å². The van der Waals surface area contributed by atoms with Crippen molar-refractivity contribution in [1.82, 2.24) is 0 Å². The first-order chi connectivity index (χ1) is 23.0. The van der Waals surface area contributed by atoms with Crippen molar-refractivity contribution in [2.45, 2.75) is 166 Å². The third kappa shape index (κ3) is 3.53. The van der Waals surface area contributed by atoms with Crippen LogP contribution < -0.4 is 26.2 Å². The van der Waals surface area contributed by atoms with Gasteiger partial charge in [-0.2, -0.15) is 0 Å². The molecule has 0 radical (unpaired) electrons. The van der Waals surface area contributed by atoms with E-state index in [0.717, 1.165) is 11.8 Å². The van der Waals surface area contributed by atoms with Gasteiger partial charge in [-0.15, -0.1) is 0 Å². The number of fused-ring (bicyclic) bond motifs is 11. The fourth-order valence-corrected chi connectivity index (χ4v) is 13.2. The Labute approximate surface area is 297 Å². The highest BCUT2D eigenvalue weighted by Gasteiger charge is 2.66. The molecule has 10 rings (SSSR count). The monoisotopic (exact) mass is 650 g/mol. The van der Waals surface area contributed by atoms with Crippen LogP contribution in [-0.4, -0.2) is 17.8 Å². The third-order valence-electron chi connectivity index (χ3n) is 16.5. The molecule has 6 atom stereocenters. The Morgan fingerprint density at radius 1 is 0.612 bits per heavy atom. The van der Waals surface area contributed by atoms with Crippen molar-refractivity contribution >= 4 is 45.9 Å². The zero-order valence-corrected chi connectivity index (χ0v) is 32.2. The van der Waals surface area contributed by atoms with E-state index in [1.165, 1.54) is 86.7 Å². The molecule has 2 nitrogen and oxygen atoms in total. The molecule has 3 fully saturated rings. The Morgan fingerprint density at radius 3 is 1.69 bits per heavy atom. The lowest BCUT2D eigenvalue weighted by Gasteiger charge is -2.57. The van der Waals surface area contributed by atoms with E-state index in [2.05, 4.69) is 122 Å². The zero-order valence-electron chi connectivity index (χ0n) is 32.2. The fraction of sp³-hybridized carbons (Fsp3) is 0.609. The molecule has 7 aliphatic rings. The van der Waals surface area contributed by atoms with Crippen molar-refractivity contribution in [2.75, 3.05) is 9.80 Å². The molecule has 3 aromatic carbocycles. The summed E-state index contributed by atoms with van der Waals surface area (Å²) < 4.78 is 0. The molecule has 0 aromatic heterocycles. The lowest BCUT2D eigenvalue weighted by atomic mass is 9.33. The van der Waals surface area contributed by atoms with Crippen LogP contribution in [0.5, 0.6) is 0 Å². The van der Waals surface area contributed by atoms with E-state index in [1.807, 2.05) is 0 Å². The highest BCUT2D eigenvalue weighted by Crippen LogP contribution is 2.67. The van der Waals surface area contributed by atoms with Crippen LogP contribution in [-0.2, 0) is 21.7 Å². The van der Waals surface area contributed by atoms with Gasteiger partial charge in [0, 0.05) is 33.6 Å². The summed E-state index contributed by atoms with van der Waals surface area (Å²) in [7, 11) is 0. The minimum Gasteiger partial charge on any atom is -0.335 e. The summed E-state index contributed by atoms with van der Waals surface area (Å²) in [5.41, 5.74) is 17.9. The van der Waals surface area contributed by atoms with Crippen LogP contribution in [0.1, 0.15) is 156 Å². The summed E-state index contributed by atoms with van der Waals surface area (Å²) in [6, 6.07) is 18.3. The Hall–Kier alpha value is -2.68. The van der Waals surface area contributed by atoms with Crippen molar-refractivity contribution in [3.63, 3.8) is 0 Å². The predicted molar refractivity (Wildman–Crippen MR) is 210 cm³/mol. The van der Waals surface area contributed by atoms with Gasteiger partial charge in [-0.05, 0) is 113 Å². The first-order valence-corrected chi connectivity index (χ1v) is 20.1. The van der Waals surface area contributed by atoms with Gasteiger partial charge in [0.05, 0.1) is 11.1 Å². The molecule has 3 saturated carbocycles. The Kier molecular flexibility index (Phi) is 5.84. The molecule has 0 spiro atoms. The van der Waals surface area contributed by atoms with Crippen molar-refractivity contribution in [3.8, 4) is 0 Å². The molecule has 256 valence electrons. The number of rotatable bonds is 0. The van der Waals surface area contributed by atoms with Gasteiger partial charge in [-0.3, -0.25) is 0 Å². The molecule has 0 amide bonds. The highest BCUT2D eigenvalue weighted by molar-refractivity contribution is 7.00. The smallest absolute Gasteiger partial charge is 0.252 e. The molecule has 4 heterocycles. The maximum absolute atomic E-state index is 2.97. The Morgan fingerprint density at radius 2 is 1.12 bits per heavy atom. The predicted octanol–water partition coefficient (Wildman–Crippen LogP) is 9.93. The molecule has 3 heteroatoms. The van der Waals surface area contributed by atoms with Gasteiger partial charge >= 0.3 is 0 Å². The first-order valence-electron chi connectivity index (χ1n) is 20.1. The SMILES string of the molecule is CC(C)(C)c1cc2c3c(c1)C1(C)CCCCC1(C)N3c1cccc3c1B2c1cc(C(C)(C)C)cc2c1N3C1(C)CC3CCCCC3CC21C. The fourth-order valence-electron chi connectivity index (χ4n) is 13.2. The molecule has 0 bridgehead atoms. The summed E-state index contributed by atoms with van der Waals surface area (Å²) >= 11 is 0. The van der Waals surface area contributed by atoms with Gasteiger partial charge in [0.1, 0.15) is 0 Å². The zero-order chi connectivity index (χ0) is 34.3. The van der Waals surface area contributed by atoms with Crippen LogP contribution in [0.3, 0.4) is 0 Å². The Balaban J connectivity index is 1.33. The van der Waals surface area contributed by atoms with Crippen LogP contribution in [0.4, 0.5) is 22.7 Å². The number of benzene rings is 3. The molecule has 49 heavy (non-hydrogen) atoms. The van der Waals surface area contributed by atoms with Crippen LogP contribution in [0.2, 0.25) is 0 Å². The highest BCUT2D eigenvalue weighted by atomic mass is 15.3. The average molecular weight is 651 g/mol. The summed E-state index contributed by atoms with van der Waals surface area (Å²) in [5.74, 6) is 1.71. The lowest BCUT2D eigenvalue weighted by molar-refractivity contribution is 0.0581. The van der Waals surface area contributed by atoms with E-state index in [9.17, 15) is 0 Å². The molecule has 0 saturated heterocycles. The van der Waals surface area contributed by atoms with Crippen molar-refractivity contribution in [3.05, 3.63) is 64.7 Å². The van der Waals surface area contributed by atoms with Gasteiger partial charge in [-0.1, -0.05) is 124 Å².